The van der Waals surface area contributed by atoms with Gasteiger partial charge in [0.05, 0.1) is 25.4 Å². The Hall–Kier alpha value is -0.160. The fraction of sp³-hybridized carbons (Fsp3) is 1.00. The molecular weight excluding hydrogens is 244 g/mol. The third kappa shape index (κ3) is 6.70. The zero-order valence-electron chi connectivity index (χ0n) is 12.3. The van der Waals surface area contributed by atoms with Crippen LogP contribution in [0.25, 0.3) is 0 Å². The Morgan fingerprint density at radius 3 is 1.68 bits per heavy atom. The van der Waals surface area contributed by atoms with Crippen LogP contribution in [0.3, 0.4) is 0 Å². The van der Waals surface area contributed by atoms with Gasteiger partial charge >= 0.3 is 0 Å². The summed E-state index contributed by atoms with van der Waals surface area (Å²) in [5, 5.41) is 0. The molecule has 112 valence electrons. The first-order valence-electron chi connectivity index (χ1n) is 7.66. The van der Waals surface area contributed by atoms with Gasteiger partial charge in [-0.1, -0.05) is 13.8 Å². The zero-order valence-corrected chi connectivity index (χ0v) is 12.3. The average molecular weight is 272 g/mol. The SMILES string of the molecule is CC(CCCOCOCCCC(C)C1CO1)C1CO1. The molecule has 0 bridgehead atoms. The maximum atomic E-state index is 5.46. The van der Waals surface area contributed by atoms with Gasteiger partial charge in [-0.15, -0.1) is 0 Å². The van der Waals surface area contributed by atoms with Gasteiger partial charge in [0.15, 0.2) is 0 Å². The third-order valence-corrected chi connectivity index (χ3v) is 4.05. The summed E-state index contributed by atoms with van der Waals surface area (Å²) in [6, 6.07) is 0. The molecule has 0 spiro atoms. The molecule has 0 aromatic heterocycles. The van der Waals surface area contributed by atoms with E-state index in [1.807, 2.05) is 0 Å². The van der Waals surface area contributed by atoms with Crippen molar-refractivity contribution >= 4 is 0 Å². The van der Waals surface area contributed by atoms with Crippen molar-refractivity contribution in [3.63, 3.8) is 0 Å². The van der Waals surface area contributed by atoms with E-state index in [1.54, 1.807) is 0 Å². The van der Waals surface area contributed by atoms with E-state index in [0.29, 0.717) is 30.8 Å². The van der Waals surface area contributed by atoms with Crippen molar-refractivity contribution < 1.29 is 18.9 Å². The fourth-order valence-corrected chi connectivity index (χ4v) is 2.33. The van der Waals surface area contributed by atoms with E-state index < -0.39 is 0 Å². The lowest BCUT2D eigenvalue weighted by atomic mass is 10.0. The molecule has 0 aromatic rings. The first kappa shape index (κ1) is 15.2. The van der Waals surface area contributed by atoms with Gasteiger partial charge in [0.25, 0.3) is 0 Å². The Labute approximate surface area is 116 Å². The lowest BCUT2D eigenvalue weighted by molar-refractivity contribution is -0.0567. The van der Waals surface area contributed by atoms with Gasteiger partial charge in [0.1, 0.15) is 6.79 Å². The monoisotopic (exact) mass is 272 g/mol. The molecule has 2 aliphatic heterocycles. The second-order valence-corrected chi connectivity index (χ2v) is 5.92. The minimum atomic E-state index is 0.433. The molecule has 0 aromatic carbocycles. The van der Waals surface area contributed by atoms with Gasteiger partial charge in [0, 0.05) is 13.2 Å². The Morgan fingerprint density at radius 2 is 1.32 bits per heavy atom. The van der Waals surface area contributed by atoms with Gasteiger partial charge in [0.2, 0.25) is 0 Å². The standard InChI is InChI=1S/C15H28O4/c1-12(14-9-18-14)5-3-7-16-11-17-8-4-6-13(2)15-10-19-15/h12-15H,3-11H2,1-2H3. The van der Waals surface area contributed by atoms with Gasteiger partial charge in [-0.25, -0.2) is 0 Å². The van der Waals surface area contributed by atoms with E-state index in [0.717, 1.165) is 39.3 Å². The number of ether oxygens (including phenoxy) is 4. The predicted molar refractivity (Wildman–Crippen MR) is 73.0 cm³/mol. The molecule has 4 unspecified atom stereocenters. The van der Waals surface area contributed by atoms with Gasteiger partial charge < -0.3 is 18.9 Å². The summed E-state index contributed by atoms with van der Waals surface area (Å²) >= 11 is 0. The molecule has 0 aliphatic carbocycles. The minimum absolute atomic E-state index is 0.433. The summed E-state index contributed by atoms with van der Waals surface area (Å²) < 4.78 is 21.4. The van der Waals surface area contributed by atoms with E-state index in [9.17, 15) is 0 Å². The molecule has 0 radical (unpaired) electrons. The Balaban J connectivity index is 1.28. The molecule has 2 fully saturated rings. The summed E-state index contributed by atoms with van der Waals surface area (Å²) in [7, 11) is 0. The van der Waals surface area contributed by atoms with Crippen molar-refractivity contribution in [3.8, 4) is 0 Å². The van der Waals surface area contributed by atoms with E-state index in [1.165, 1.54) is 12.8 Å². The van der Waals surface area contributed by atoms with Crippen molar-refractivity contribution in [1.29, 1.82) is 0 Å². The summed E-state index contributed by atoms with van der Waals surface area (Å²) in [6.07, 6.45) is 5.61. The number of hydrogen-bond donors (Lipinski definition) is 0. The van der Waals surface area contributed by atoms with E-state index in [4.69, 9.17) is 18.9 Å². The van der Waals surface area contributed by atoms with E-state index in [-0.39, 0.29) is 0 Å². The van der Waals surface area contributed by atoms with Crippen LogP contribution in [-0.4, -0.2) is 45.4 Å². The van der Waals surface area contributed by atoms with Gasteiger partial charge in [-0.05, 0) is 37.5 Å². The molecule has 2 rings (SSSR count). The molecule has 2 saturated heterocycles. The zero-order chi connectivity index (χ0) is 13.5. The highest BCUT2D eigenvalue weighted by Crippen LogP contribution is 2.24. The van der Waals surface area contributed by atoms with Crippen molar-refractivity contribution in [2.75, 3.05) is 33.2 Å². The van der Waals surface area contributed by atoms with Crippen molar-refractivity contribution in [1.82, 2.24) is 0 Å². The minimum Gasteiger partial charge on any atom is -0.373 e. The first-order chi connectivity index (χ1) is 9.27. The second-order valence-electron chi connectivity index (χ2n) is 5.92. The van der Waals surface area contributed by atoms with E-state index in [2.05, 4.69) is 13.8 Å². The molecule has 0 amide bonds. The quantitative estimate of drug-likeness (QED) is 0.311. The molecule has 4 nitrogen and oxygen atoms in total. The van der Waals surface area contributed by atoms with Crippen LogP contribution in [0.5, 0.6) is 0 Å². The second kappa shape index (κ2) is 8.20. The summed E-state index contributed by atoms with van der Waals surface area (Å²) in [5.41, 5.74) is 0. The molecule has 4 atom stereocenters. The summed E-state index contributed by atoms with van der Waals surface area (Å²) in [4.78, 5) is 0. The highest BCUT2D eigenvalue weighted by atomic mass is 16.7. The molecule has 2 heterocycles. The van der Waals surface area contributed by atoms with Crippen LogP contribution in [0, 0.1) is 11.8 Å². The molecule has 19 heavy (non-hydrogen) atoms. The maximum Gasteiger partial charge on any atom is 0.146 e. The van der Waals surface area contributed by atoms with Gasteiger partial charge in [-0.3, -0.25) is 0 Å². The number of epoxide rings is 2. The largest absolute Gasteiger partial charge is 0.373 e. The highest BCUT2D eigenvalue weighted by molar-refractivity contribution is 4.76. The van der Waals surface area contributed by atoms with Crippen LogP contribution in [0.4, 0.5) is 0 Å². The molecular formula is C15H28O4. The lowest BCUT2D eigenvalue weighted by Gasteiger charge is -2.10. The van der Waals surface area contributed by atoms with E-state index >= 15 is 0 Å². The molecule has 2 aliphatic rings. The predicted octanol–water partition coefficient (Wildman–Crippen LogP) is 2.61. The van der Waals surface area contributed by atoms with Crippen LogP contribution in [0.15, 0.2) is 0 Å². The van der Waals surface area contributed by atoms with Crippen LogP contribution >= 0.6 is 0 Å². The van der Waals surface area contributed by atoms with Crippen LogP contribution in [0.2, 0.25) is 0 Å². The first-order valence-corrected chi connectivity index (χ1v) is 7.66. The average Bonchev–Trinajstić information content (AvgIpc) is 3.29. The van der Waals surface area contributed by atoms with Crippen LogP contribution in [0.1, 0.15) is 39.5 Å². The molecule has 4 heteroatoms. The topological polar surface area (TPSA) is 43.5 Å². The third-order valence-electron chi connectivity index (χ3n) is 4.05. The van der Waals surface area contributed by atoms with Crippen LogP contribution < -0.4 is 0 Å². The number of rotatable bonds is 12. The van der Waals surface area contributed by atoms with Crippen LogP contribution in [-0.2, 0) is 18.9 Å². The Morgan fingerprint density at radius 1 is 0.895 bits per heavy atom. The lowest BCUT2D eigenvalue weighted by Crippen LogP contribution is -2.08. The normalized spacial score (nSPS) is 28.1. The Kier molecular flexibility index (Phi) is 6.57. The summed E-state index contributed by atoms with van der Waals surface area (Å²) in [5.74, 6) is 1.35. The van der Waals surface area contributed by atoms with Crippen molar-refractivity contribution in [2.45, 2.75) is 51.7 Å². The highest BCUT2D eigenvalue weighted by Gasteiger charge is 2.29. The maximum absolute atomic E-state index is 5.46. The number of hydrogen-bond acceptors (Lipinski definition) is 4. The summed E-state index contributed by atoms with van der Waals surface area (Å²) in [6.45, 7) is 8.43. The molecule has 0 saturated carbocycles. The van der Waals surface area contributed by atoms with Crippen molar-refractivity contribution in [3.05, 3.63) is 0 Å². The van der Waals surface area contributed by atoms with Gasteiger partial charge in [-0.2, -0.15) is 0 Å². The Bertz CT molecular complexity index is 214. The van der Waals surface area contributed by atoms with Crippen molar-refractivity contribution in [2.24, 2.45) is 11.8 Å². The smallest absolute Gasteiger partial charge is 0.146 e. The fourth-order valence-electron chi connectivity index (χ4n) is 2.33. The molecule has 0 N–H and O–H groups in total.